The van der Waals surface area contributed by atoms with E-state index >= 15 is 0 Å². The first kappa shape index (κ1) is 17.2. The Balaban J connectivity index is 1.51. The molecule has 5 nitrogen and oxygen atoms in total. The summed E-state index contributed by atoms with van der Waals surface area (Å²) < 4.78 is 5.39. The summed E-state index contributed by atoms with van der Waals surface area (Å²) >= 11 is 0. The molecule has 0 radical (unpaired) electrons. The highest BCUT2D eigenvalue weighted by molar-refractivity contribution is 6.09. The van der Waals surface area contributed by atoms with Crippen LogP contribution in [0.15, 0.2) is 66.7 Å². The van der Waals surface area contributed by atoms with Crippen molar-refractivity contribution in [3.05, 3.63) is 72.3 Å². The van der Waals surface area contributed by atoms with Gasteiger partial charge in [0, 0.05) is 28.9 Å². The lowest BCUT2D eigenvalue weighted by Gasteiger charge is -2.12. The van der Waals surface area contributed by atoms with E-state index in [2.05, 4.69) is 10.6 Å². The average molecular weight is 360 g/mol. The van der Waals surface area contributed by atoms with E-state index in [1.165, 1.54) is 0 Å². The third-order valence-corrected chi connectivity index (χ3v) is 4.65. The Labute approximate surface area is 157 Å². The van der Waals surface area contributed by atoms with Crippen LogP contribution in [0.1, 0.15) is 23.2 Å². The topological polar surface area (TPSA) is 67.4 Å². The van der Waals surface area contributed by atoms with Gasteiger partial charge in [0.05, 0.1) is 0 Å². The first-order valence-corrected chi connectivity index (χ1v) is 9.02. The van der Waals surface area contributed by atoms with Gasteiger partial charge in [0.15, 0.2) is 0 Å². The van der Waals surface area contributed by atoms with Crippen LogP contribution in [0.5, 0.6) is 0 Å². The number of hydrogen-bond acceptors (Lipinski definition) is 3. The maximum atomic E-state index is 12.7. The Hall–Kier alpha value is -3.18. The van der Waals surface area contributed by atoms with Crippen molar-refractivity contribution in [2.45, 2.75) is 18.9 Å². The molecule has 3 aromatic carbocycles. The molecule has 0 spiro atoms. The number of ether oxygens (including phenoxy) is 1. The highest BCUT2D eigenvalue weighted by Gasteiger charge is 2.23. The molecule has 1 saturated heterocycles. The fraction of sp³-hybridized carbons (Fsp3) is 0.182. The second kappa shape index (κ2) is 7.60. The lowest BCUT2D eigenvalue weighted by molar-refractivity contribution is -0.124. The Morgan fingerprint density at radius 3 is 2.59 bits per heavy atom. The highest BCUT2D eigenvalue weighted by atomic mass is 16.5. The SMILES string of the molecule is O=C(Nc1cccc2ccccc12)c1cccc(NC(=O)C2CCCO2)c1. The smallest absolute Gasteiger partial charge is 0.255 e. The zero-order valence-corrected chi connectivity index (χ0v) is 14.8. The monoisotopic (exact) mass is 360 g/mol. The van der Waals surface area contributed by atoms with Crippen LogP contribution in [0.4, 0.5) is 11.4 Å². The predicted molar refractivity (Wildman–Crippen MR) is 106 cm³/mol. The van der Waals surface area contributed by atoms with E-state index in [0.717, 1.165) is 29.3 Å². The van der Waals surface area contributed by atoms with Crippen LogP contribution >= 0.6 is 0 Å². The number of benzene rings is 3. The molecule has 0 aromatic heterocycles. The van der Waals surface area contributed by atoms with Crippen molar-refractivity contribution in [1.29, 1.82) is 0 Å². The Bertz CT molecular complexity index is 988. The molecule has 1 aliphatic rings. The van der Waals surface area contributed by atoms with Gasteiger partial charge in [-0.1, -0.05) is 42.5 Å². The first-order chi connectivity index (χ1) is 13.2. The molecule has 2 N–H and O–H groups in total. The summed E-state index contributed by atoms with van der Waals surface area (Å²) in [5.41, 5.74) is 1.82. The molecule has 1 unspecified atom stereocenters. The summed E-state index contributed by atoms with van der Waals surface area (Å²) in [7, 11) is 0. The molecule has 1 atom stereocenters. The van der Waals surface area contributed by atoms with E-state index in [-0.39, 0.29) is 11.8 Å². The number of carbonyl (C=O) groups excluding carboxylic acids is 2. The lowest BCUT2D eigenvalue weighted by Crippen LogP contribution is -2.27. The molecule has 3 aromatic rings. The van der Waals surface area contributed by atoms with E-state index in [4.69, 9.17) is 4.74 Å². The first-order valence-electron chi connectivity index (χ1n) is 9.02. The molecule has 1 aliphatic heterocycles. The van der Waals surface area contributed by atoms with Crippen LogP contribution in [0.2, 0.25) is 0 Å². The van der Waals surface area contributed by atoms with E-state index in [1.54, 1.807) is 24.3 Å². The quantitative estimate of drug-likeness (QED) is 0.732. The summed E-state index contributed by atoms with van der Waals surface area (Å²) in [6.07, 6.45) is 1.22. The molecule has 5 heteroatoms. The normalized spacial score (nSPS) is 16.2. The zero-order valence-electron chi connectivity index (χ0n) is 14.8. The maximum absolute atomic E-state index is 12.7. The summed E-state index contributed by atoms with van der Waals surface area (Å²) in [5.74, 6) is -0.390. The molecule has 1 heterocycles. The van der Waals surface area contributed by atoms with Gasteiger partial charge in [-0.05, 0) is 42.5 Å². The molecule has 2 amide bonds. The van der Waals surface area contributed by atoms with Gasteiger partial charge < -0.3 is 15.4 Å². The fourth-order valence-electron chi connectivity index (χ4n) is 3.27. The molecule has 1 fully saturated rings. The minimum Gasteiger partial charge on any atom is -0.368 e. The number of amides is 2. The zero-order chi connectivity index (χ0) is 18.6. The van der Waals surface area contributed by atoms with Crippen LogP contribution in [0.25, 0.3) is 10.8 Å². The largest absolute Gasteiger partial charge is 0.368 e. The van der Waals surface area contributed by atoms with E-state index in [9.17, 15) is 9.59 Å². The lowest BCUT2D eigenvalue weighted by atomic mass is 10.1. The minimum atomic E-state index is -0.404. The van der Waals surface area contributed by atoms with Crippen molar-refractivity contribution < 1.29 is 14.3 Å². The Kier molecular flexibility index (Phi) is 4.85. The minimum absolute atomic E-state index is 0.167. The standard InChI is InChI=1S/C22H20N2O3/c25-21(24-19-11-4-7-15-6-1-2-10-18(15)19)16-8-3-9-17(14-16)23-22(26)20-12-5-13-27-20/h1-4,6-11,14,20H,5,12-13H2,(H,23,26)(H,24,25). The van der Waals surface area contributed by atoms with Gasteiger partial charge in [-0.15, -0.1) is 0 Å². The van der Waals surface area contributed by atoms with E-state index in [0.29, 0.717) is 17.9 Å². The number of nitrogens with one attached hydrogen (secondary N) is 2. The molecule has 0 saturated carbocycles. The molecular formula is C22H20N2O3. The number of fused-ring (bicyclic) bond motifs is 1. The molecular weight excluding hydrogens is 340 g/mol. The van der Waals surface area contributed by atoms with Crippen molar-refractivity contribution >= 4 is 34.0 Å². The molecule has 27 heavy (non-hydrogen) atoms. The number of carbonyl (C=O) groups is 2. The van der Waals surface area contributed by atoms with Crippen molar-refractivity contribution in [2.75, 3.05) is 17.2 Å². The van der Waals surface area contributed by atoms with Gasteiger partial charge in [-0.2, -0.15) is 0 Å². The fourth-order valence-corrected chi connectivity index (χ4v) is 3.27. The summed E-state index contributed by atoms with van der Waals surface area (Å²) in [5, 5.41) is 7.83. The van der Waals surface area contributed by atoms with Crippen molar-refractivity contribution in [3.8, 4) is 0 Å². The average Bonchev–Trinajstić information content (AvgIpc) is 3.23. The molecule has 136 valence electrons. The molecule has 0 aliphatic carbocycles. The number of hydrogen-bond donors (Lipinski definition) is 2. The second-order valence-electron chi connectivity index (χ2n) is 6.55. The van der Waals surface area contributed by atoms with Gasteiger partial charge in [0.1, 0.15) is 6.10 Å². The summed E-state index contributed by atoms with van der Waals surface area (Å²) in [4.78, 5) is 24.9. The van der Waals surface area contributed by atoms with Crippen LogP contribution < -0.4 is 10.6 Å². The van der Waals surface area contributed by atoms with Gasteiger partial charge in [0.2, 0.25) is 0 Å². The number of anilines is 2. The van der Waals surface area contributed by atoms with Crippen LogP contribution in [0, 0.1) is 0 Å². The van der Waals surface area contributed by atoms with Crippen molar-refractivity contribution in [3.63, 3.8) is 0 Å². The van der Waals surface area contributed by atoms with Gasteiger partial charge in [0.25, 0.3) is 11.8 Å². The summed E-state index contributed by atoms with van der Waals surface area (Å²) in [6, 6.07) is 20.6. The third-order valence-electron chi connectivity index (χ3n) is 4.65. The van der Waals surface area contributed by atoms with Crippen LogP contribution in [-0.4, -0.2) is 24.5 Å². The summed E-state index contributed by atoms with van der Waals surface area (Å²) in [6.45, 7) is 0.617. The highest BCUT2D eigenvalue weighted by Crippen LogP contribution is 2.24. The third kappa shape index (κ3) is 3.83. The van der Waals surface area contributed by atoms with E-state index in [1.807, 2.05) is 42.5 Å². The van der Waals surface area contributed by atoms with Gasteiger partial charge in [-0.25, -0.2) is 0 Å². The molecule has 4 rings (SSSR count). The van der Waals surface area contributed by atoms with Crippen molar-refractivity contribution in [1.82, 2.24) is 0 Å². The number of rotatable bonds is 4. The van der Waals surface area contributed by atoms with Crippen LogP contribution in [-0.2, 0) is 9.53 Å². The molecule has 0 bridgehead atoms. The maximum Gasteiger partial charge on any atom is 0.255 e. The predicted octanol–water partition coefficient (Wildman–Crippen LogP) is 4.21. The van der Waals surface area contributed by atoms with Crippen LogP contribution in [0.3, 0.4) is 0 Å². The Morgan fingerprint density at radius 1 is 0.926 bits per heavy atom. The van der Waals surface area contributed by atoms with Gasteiger partial charge >= 0.3 is 0 Å². The van der Waals surface area contributed by atoms with E-state index < -0.39 is 6.10 Å². The Morgan fingerprint density at radius 2 is 1.74 bits per heavy atom. The van der Waals surface area contributed by atoms with Gasteiger partial charge in [-0.3, -0.25) is 9.59 Å². The second-order valence-corrected chi connectivity index (χ2v) is 6.55. The van der Waals surface area contributed by atoms with Crippen molar-refractivity contribution in [2.24, 2.45) is 0 Å².